The number of hydrogen-bond acceptors (Lipinski definition) is 4. The highest BCUT2D eigenvalue weighted by molar-refractivity contribution is 7.80. The molecule has 0 aliphatic rings. The van der Waals surface area contributed by atoms with Crippen molar-refractivity contribution in [2.75, 3.05) is 19.8 Å². The molecule has 1 N–H and O–H groups in total. The maximum Gasteiger partial charge on any atom is 0.256 e. The molecule has 0 aliphatic heterocycles. The van der Waals surface area contributed by atoms with Crippen molar-refractivity contribution in [3.63, 3.8) is 0 Å². The van der Waals surface area contributed by atoms with Crippen LogP contribution in [0.3, 0.4) is 0 Å². The van der Waals surface area contributed by atoms with Crippen molar-refractivity contribution < 1.29 is 9.47 Å². The zero-order chi connectivity index (χ0) is 22.5. The summed E-state index contributed by atoms with van der Waals surface area (Å²) >= 11 is 10.7. The van der Waals surface area contributed by atoms with Gasteiger partial charge in [-0.1, -0.05) is 85.5 Å². The molecule has 0 aromatic heterocycles. The third-order valence-corrected chi connectivity index (χ3v) is 6.43. The van der Waals surface area contributed by atoms with Crippen LogP contribution in [-0.2, 0) is 9.47 Å². The van der Waals surface area contributed by atoms with Crippen molar-refractivity contribution >= 4 is 34.7 Å². The van der Waals surface area contributed by atoms with Gasteiger partial charge in [-0.25, -0.2) is 0 Å². The summed E-state index contributed by atoms with van der Waals surface area (Å²) in [4.78, 5) is 0. The smallest absolute Gasteiger partial charge is 0.256 e. The van der Waals surface area contributed by atoms with Crippen molar-refractivity contribution in [1.82, 2.24) is 5.32 Å². The molecular weight excluding hydrogens is 410 g/mol. The average Bonchev–Trinajstić information content (AvgIpc) is 2.75. The summed E-state index contributed by atoms with van der Waals surface area (Å²) in [5.41, 5.74) is 0. The van der Waals surface area contributed by atoms with Crippen molar-refractivity contribution in [3.8, 4) is 0 Å². The van der Waals surface area contributed by atoms with E-state index in [2.05, 4.69) is 33.0 Å². The summed E-state index contributed by atoms with van der Waals surface area (Å²) in [6, 6.07) is 0. The highest BCUT2D eigenvalue weighted by Crippen LogP contribution is 2.15. The maximum absolute atomic E-state index is 5.83. The highest BCUT2D eigenvalue weighted by atomic mass is 32.1. The first-order chi connectivity index (χ1) is 14.6. The Kier molecular flexibility index (Phi) is 21.5. The lowest BCUT2D eigenvalue weighted by Gasteiger charge is -2.16. The van der Waals surface area contributed by atoms with E-state index in [1.54, 1.807) is 0 Å². The van der Waals surface area contributed by atoms with Crippen molar-refractivity contribution in [2.45, 2.75) is 118 Å². The Labute approximate surface area is 198 Å². The minimum Gasteiger partial charge on any atom is -0.487 e. The summed E-state index contributed by atoms with van der Waals surface area (Å²) < 4.78 is 11.6. The molecule has 0 fully saturated rings. The predicted octanol–water partition coefficient (Wildman–Crippen LogP) is 7.99. The van der Waals surface area contributed by atoms with Gasteiger partial charge in [-0.3, -0.25) is 0 Å². The molecule has 30 heavy (non-hydrogen) atoms. The molecule has 0 rings (SSSR count). The Bertz CT molecular complexity index is 380. The van der Waals surface area contributed by atoms with Gasteiger partial charge in [-0.15, -0.1) is 0 Å². The number of nitrogens with one attached hydrogen (secondary N) is 1. The zero-order valence-electron chi connectivity index (χ0n) is 20.3. The minimum atomic E-state index is 0.566. The topological polar surface area (TPSA) is 30.5 Å². The Morgan fingerprint density at radius 3 is 1.80 bits per heavy atom. The first-order valence-corrected chi connectivity index (χ1v) is 13.4. The van der Waals surface area contributed by atoms with Crippen LogP contribution < -0.4 is 5.32 Å². The van der Waals surface area contributed by atoms with Crippen LogP contribution in [0.25, 0.3) is 0 Å². The first-order valence-electron chi connectivity index (χ1n) is 12.6. The summed E-state index contributed by atoms with van der Waals surface area (Å²) in [6.07, 6.45) is 16.8. The second kappa shape index (κ2) is 21.8. The van der Waals surface area contributed by atoms with Gasteiger partial charge >= 0.3 is 0 Å². The van der Waals surface area contributed by atoms with E-state index in [-0.39, 0.29) is 0 Å². The summed E-state index contributed by atoms with van der Waals surface area (Å²) in [5, 5.41) is 4.61. The van der Waals surface area contributed by atoms with E-state index in [1.807, 2.05) is 0 Å². The number of ether oxygens (including phenoxy) is 2. The molecule has 5 heteroatoms. The molecule has 0 saturated heterocycles. The largest absolute Gasteiger partial charge is 0.487 e. The zero-order valence-corrected chi connectivity index (χ0v) is 21.9. The van der Waals surface area contributed by atoms with Gasteiger partial charge in [0.05, 0.1) is 13.2 Å². The van der Waals surface area contributed by atoms with E-state index in [1.165, 1.54) is 64.2 Å². The number of rotatable bonds is 20. The van der Waals surface area contributed by atoms with Gasteiger partial charge in [0.1, 0.15) is 0 Å². The lowest BCUT2D eigenvalue weighted by molar-refractivity contribution is 0.219. The quantitative estimate of drug-likeness (QED) is 0.147. The van der Waals surface area contributed by atoms with E-state index in [9.17, 15) is 0 Å². The molecule has 0 amide bonds. The van der Waals surface area contributed by atoms with E-state index >= 15 is 0 Å². The fourth-order valence-corrected chi connectivity index (χ4v) is 3.82. The van der Waals surface area contributed by atoms with Crippen LogP contribution in [0, 0.1) is 11.8 Å². The third-order valence-electron chi connectivity index (χ3n) is 5.84. The molecule has 0 heterocycles. The van der Waals surface area contributed by atoms with Crippen molar-refractivity contribution in [3.05, 3.63) is 0 Å². The molecule has 0 spiro atoms. The molecule has 2 atom stereocenters. The SMILES string of the molecule is CCCCC(CC)COC(=S)CCCCCCCNC(=S)OCC(CC)CCCC. The fourth-order valence-electron chi connectivity index (χ4n) is 3.44. The van der Waals surface area contributed by atoms with Crippen LogP contribution in [0.1, 0.15) is 118 Å². The van der Waals surface area contributed by atoms with Crippen LogP contribution in [0.4, 0.5) is 0 Å². The molecule has 178 valence electrons. The van der Waals surface area contributed by atoms with Crippen LogP contribution >= 0.6 is 24.4 Å². The van der Waals surface area contributed by atoms with Gasteiger partial charge < -0.3 is 14.8 Å². The van der Waals surface area contributed by atoms with E-state index in [0.717, 1.165) is 50.5 Å². The summed E-state index contributed by atoms with van der Waals surface area (Å²) in [6.45, 7) is 11.4. The number of unbranched alkanes of at least 4 members (excludes halogenated alkanes) is 6. The molecule has 0 aliphatic carbocycles. The number of thiocarbonyl (C=S) groups is 2. The van der Waals surface area contributed by atoms with Gasteiger partial charge in [-0.2, -0.15) is 0 Å². The minimum absolute atomic E-state index is 0.566. The van der Waals surface area contributed by atoms with Crippen LogP contribution in [0.2, 0.25) is 0 Å². The van der Waals surface area contributed by atoms with Crippen LogP contribution in [-0.4, -0.2) is 30.0 Å². The van der Waals surface area contributed by atoms with Gasteiger partial charge in [0.15, 0.2) is 5.05 Å². The third kappa shape index (κ3) is 18.4. The molecule has 0 saturated carbocycles. The number of hydrogen-bond donors (Lipinski definition) is 1. The van der Waals surface area contributed by atoms with Crippen molar-refractivity contribution in [1.29, 1.82) is 0 Å². The fraction of sp³-hybridized carbons (Fsp3) is 0.920. The standard InChI is InChI=1S/C25H49NO2S2/c1-5-9-16-22(7-3)20-27-24(29)18-14-12-11-13-15-19-26-25(30)28-21-23(8-4)17-10-6-2/h22-23H,5-21H2,1-4H3,(H,26,30). The summed E-state index contributed by atoms with van der Waals surface area (Å²) in [5.74, 6) is 1.29. The van der Waals surface area contributed by atoms with Gasteiger partial charge in [0, 0.05) is 13.0 Å². The Morgan fingerprint density at radius 2 is 1.23 bits per heavy atom. The van der Waals surface area contributed by atoms with Crippen LogP contribution in [0.15, 0.2) is 0 Å². The normalized spacial score (nSPS) is 12.9. The van der Waals surface area contributed by atoms with Crippen molar-refractivity contribution in [2.24, 2.45) is 11.8 Å². The highest BCUT2D eigenvalue weighted by Gasteiger charge is 2.09. The van der Waals surface area contributed by atoms with E-state index in [4.69, 9.17) is 33.9 Å². The lowest BCUT2D eigenvalue weighted by Crippen LogP contribution is -2.27. The van der Waals surface area contributed by atoms with E-state index in [0.29, 0.717) is 17.0 Å². The Balaban J connectivity index is 3.56. The second-order valence-corrected chi connectivity index (χ2v) is 9.39. The molecule has 3 nitrogen and oxygen atoms in total. The molecular formula is C25H49NO2S2. The molecule has 0 aromatic carbocycles. The Morgan fingerprint density at radius 1 is 0.700 bits per heavy atom. The van der Waals surface area contributed by atoms with Gasteiger partial charge in [0.25, 0.3) is 5.17 Å². The molecule has 0 radical (unpaired) electrons. The molecule has 0 bridgehead atoms. The Hall–Kier alpha value is -0.420. The summed E-state index contributed by atoms with van der Waals surface area (Å²) in [7, 11) is 0. The van der Waals surface area contributed by atoms with Gasteiger partial charge in [-0.05, 0) is 62.0 Å². The predicted molar refractivity (Wildman–Crippen MR) is 139 cm³/mol. The van der Waals surface area contributed by atoms with Crippen LogP contribution in [0.5, 0.6) is 0 Å². The average molecular weight is 460 g/mol. The second-order valence-electron chi connectivity index (χ2n) is 8.56. The van der Waals surface area contributed by atoms with E-state index < -0.39 is 0 Å². The molecule has 0 aromatic rings. The molecule has 2 unspecified atom stereocenters. The van der Waals surface area contributed by atoms with Gasteiger partial charge in [0.2, 0.25) is 0 Å². The first kappa shape index (κ1) is 29.6. The lowest BCUT2D eigenvalue weighted by atomic mass is 10.0. The monoisotopic (exact) mass is 459 g/mol. The maximum atomic E-state index is 5.83.